The molecule has 1 atom stereocenters. The van der Waals surface area contributed by atoms with Gasteiger partial charge in [0, 0.05) is 17.7 Å². The molecule has 1 fully saturated rings. The number of nitrogens with zero attached hydrogens (tertiary/aromatic N) is 3. The topological polar surface area (TPSA) is 59.2 Å². The van der Waals surface area contributed by atoms with Crippen molar-refractivity contribution in [3.8, 4) is 11.4 Å². The summed E-state index contributed by atoms with van der Waals surface area (Å²) in [5.74, 6) is 0.279. The summed E-state index contributed by atoms with van der Waals surface area (Å²) in [5, 5.41) is 4.06. The van der Waals surface area contributed by atoms with Crippen LogP contribution in [-0.2, 0) is 0 Å². The first-order valence-corrected chi connectivity index (χ1v) is 8.59. The summed E-state index contributed by atoms with van der Waals surface area (Å²) in [7, 11) is 0. The van der Waals surface area contributed by atoms with Gasteiger partial charge in [-0.3, -0.25) is 4.79 Å². The number of carbonyl (C=O) groups excluding carboxylic acids is 1. The molecule has 1 amide bonds. The minimum atomic E-state index is -0.425. The van der Waals surface area contributed by atoms with Crippen molar-refractivity contribution < 1.29 is 13.7 Å². The van der Waals surface area contributed by atoms with Crippen LogP contribution < -0.4 is 0 Å². The molecule has 0 bridgehead atoms. The molecule has 6 heteroatoms. The minimum Gasteiger partial charge on any atom is -0.337 e. The normalized spacial score (nSPS) is 16.8. The fraction of sp³-hybridized carbons (Fsp3) is 0.250. The highest BCUT2D eigenvalue weighted by molar-refractivity contribution is 5.94. The van der Waals surface area contributed by atoms with Gasteiger partial charge in [-0.15, -0.1) is 0 Å². The maximum absolute atomic E-state index is 13.4. The van der Waals surface area contributed by atoms with Crippen molar-refractivity contribution in [3.63, 3.8) is 0 Å². The van der Waals surface area contributed by atoms with Gasteiger partial charge < -0.3 is 9.42 Å². The van der Waals surface area contributed by atoms with Crippen LogP contribution in [0.25, 0.3) is 11.4 Å². The lowest BCUT2D eigenvalue weighted by molar-refractivity contribution is 0.0709. The number of amides is 1. The molecule has 1 aliphatic rings. The van der Waals surface area contributed by atoms with Gasteiger partial charge in [-0.25, -0.2) is 4.39 Å². The highest BCUT2D eigenvalue weighted by Crippen LogP contribution is 2.33. The fourth-order valence-corrected chi connectivity index (χ4v) is 3.24. The number of hydrogen-bond acceptors (Lipinski definition) is 4. The molecule has 0 spiro atoms. The first-order valence-electron chi connectivity index (χ1n) is 8.59. The summed E-state index contributed by atoms with van der Waals surface area (Å²) in [6.45, 7) is 2.60. The van der Waals surface area contributed by atoms with E-state index in [1.165, 1.54) is 18.2 Å². The summed E-state index contributed by atoms with van der Waals surface area (Å²) >= 11 is 0. The van der Waals surface area contributed by atoms with Crippen LogP contribution in [0, 0.1) is 12.7 Å². The molecule has 0 saturated carbocycles. The second kappa shape index (κ2) is 6.71. The second-order valence-electron chi connectivity index (χ2n) is 6.49. The number of rotatable bonds is 3. The van der Waals surface area contributed by atoms with Crippen LogP contribution in [0.1, 0.15) is 40.7 Å². The maximum atomic E-state index is 13.4. The number of carbonyl (C=O) groups is 1. The van der Waals surface area contributed by atoms with Crippen LogP contribution in [0.2, 0.25) is 0 Å². The lowest BCUT2D eigenvalue weighted by Gasteiger charge is -2.21. The monoisotopic (exact) mass is 351 g/mol. The number of hydrogen-bond donors (Lipinski definition) is 0. The van der Waals surface area contributed by atoms with Gasteiger partial charge in [0.05, 0.1) is 0 Å². The Kier molecular flexibility index (Phi) is 4.24. The van der Waals surface area contributed by atoms with Crippen LogP contribution >= 0.6 is 0 Å². The highest BCUT2D eigenvalue weighted by Gasteiger charge is 2.34. The molecule has 1 aliphatic heterocycles. The lowest BCUT2D eigenvalue weighted by Crippen LogP contribution is -2.30. The molecule has 4 rings (SSSR count). The second-order valence-corrected chi connectivity index (χ2v) is 6.49. The molecule has 0 aliphatic carbocycles. The third kappa shape index (κ3) is 3.10. The van der Waals surface area contributed by atoms with Crippen LogP contribution in [0.4, 0.5) is 4.39 Å². The molecular weight excluding hydrogens is 333 g/mol. The molecule has 3 aromatic rings. The zero-order chi connectivity index (χ0) is 18.1. The summed E-state index contributed by atoms with van der Waals surface area (Å²) < 4.78 is 18.9. The molecule has 0 N–H and O–H groups in total. The molecule has 1 aromatic heterocycles. The molecule has 1 unspecified atom stereocenters. The van der Waals surface area contributed by atoms with Crippen molar-refractivity contribution in [2.45, 2.75) is 25.8 Å². The van der Waals surface area contributed by atoms with E-state index in [4.69, 9.17) is 4.52 Å². The van der Waals surface area contributed by atoms with Crippen LogP contribution in [-0.4, -0.2) is 27.5 Å². The smallest absolute Gasteiger partial charge is 0.254 e. The number of aryl methyl sites for hydroxylation is 1. The number of likely N-dealkylation sites (tertiary alicyclic amines) is 1. The Morgan fingerprint density at radius 2 is 2.04 bits per heavy atom. The molecule has 2 heterocycles. The fourth-order valence-electron chi connectivity index (χ4n) is 3.24. The van der Waals surface area contributed by atoms with E-state index in [1.807, 2.05) is 31.2 Å². The van der Waals surface area contributed by atoms with Crippen molar-refractivity contribution in [1.29, 1.82) is 0 Å². The van der Waals surface area contributed by atoms with Gasteiger partial charge in [-0.2, -0.15) is 4.98 Å². The van der Waals surface area contributed by atoms with Gasteiger partial charge >= 0.3 is 0 Å². The number of aromatic nitrogens is 2. The summed E-state index contributed by atoms with van der Waals surface area (Å²) in [4.78, 5) is 18.9. The molecular formula is C20H18FN3O2. The standard InChI is InChI=1S/C20H18FN3O2/c1-13-7-9-14(10-8-13)18-22-19(26-23-18)17-6-3-11-24(17)20(25)15-4-2-5-16(21)12-15/h2,4-5,7-10,12,17H,3,6,11H2,1H3. The van der Waals surface area contributed by atoms with Crippen molar-refractivity contribution in [2.75, 3.05) is 6.54 Å². The highest BCUT2D eigenvalue weighted by atomic mass is 19.1. The van der Waals surface area contributed by atoms with E-state index in [0.717, 1.165) is 24.0 Å². The largest absolute Gasteiger partial charge is 0.337 e. The molecule has 0 radical (unpaired) electrons. The molecule has 132 valence electrons. The Bertz CT molecular complexity index is 936. The zero-order valence-corrected chi connectivity index (χ0v) is 14.4. The van der Waals surface area contributed by atoms with E-state index < -0.39 is 5.82 Å². The third-order valence-corrected chi connectivity index (χ3v) is 4.62. The van der Waals surface area contributed by atoms with E-state index in [1.54, 1.807) is 11.0 Å². The molecule has 26 heavy (non-hydrogen) atoms. The minimum absolute atomic E-state index is 0.220. The maximum Gasteiger partial charge on any atom is 0.254 e. The van der Waals surface area contributed by atoms with Crippen LogP contribution in [0.15, 0.2) is 53.1 Å². The summed E-state index contributed by atoms with van der Waals surface area (Å²) in [6, 6.07) is 13.3. The molecule has 5 nitrogen and oxygen atoms in total. The van der Waals surface area contributed by atoms with E-state index in [-0.39, 0.29) is 11.9 Å². The van der Waals surface area contributed by atoms with E-state index in [9.17, 15) is 9.18 Å². The van der Waals surface area contributed by atoms with Crippen LogP contribution in [0.5, 0.6) is 0 Å². The molecule has 2 aromatic carbocycles. The predicted molar refractivity (Wildman–Crippen MR) is 93.9 cm³/mol. The third-order valence-electron chi connectivity index (χ3n) is 4.62. The average molecular weight is 351 g/mol. The predicted octanol–water partition coefficient (Wildman–Crippen LogP) is 4.16. The Morgan fingerprint density at radius 3 is 2.81 bits per heavy atom. The first-order chi connectivity index (χ1) is 12.6. The van der Waals surface area contributed by atoms with Crippen molar-refractivity contribution in [3.05, 3.63) is 71.4 Å². The van der Waals surface area contributed by atoms with Gasteiger partial charge in [0.1, 0.15) is 11.9 Å². The van der Waals surface area contributed by atoms with Crippen molar-refractivity contribution >= 4 is 5.91 Å². The van der Waals surface area contributed by atoms with Gasteiger partial charge in [0.25, 0.3) is 5.91 Å². The van der Waals surface area contributed by atoms with E-state index >= 15 is 0 Å². The van der Waals surface area contributed by atoms with Gasteiger partial charge in [-0.05, 0) is 38.0 Å². The molecule has 1 saturated heterocycles. The Balaban J connectivity index is 1.59. The Hall–Kier alpha value is -3.02. The average Bonchev–Trinajstić information content (AvgIpc) is 3.31. The quantitative estimate of drug-likeness (QED) is 0.711. The Labute approximate surface area is 150 Å². The van der Waals surface area contributed by atoms with E-state index in [2.05, 4.69) is 10.1 Å². The zero-order valence-electron chi connectivity index (χ0n) is 14.4. The lowest BCUT2D eigenvalue weighted by atomic mass is 10.1. The van der Waals surface area contributed by atoms with Gasteiger partial charge in [-0.1, -0.05) is 41.1 Å². The first kappa shape index (κ1) is 16.4. The van der Waals surface area contributed by atoms with Gasteiger partial charge in [0.2, 0.25) is 11.7 Å². The van der Waals surface area contributed by atoms with Crippen LogP contribution in [0.3, 0.4) is 0 Å². The summed E-state index contributed by atoms with van der Waals surface area (Å²) in [6.07, 6.45) is 1.59. The summed E-state index contributed by atoms with van der Waals surface area (Å²) in [5.41, 5.74) is 2.35. The Morgan fingerprint density at radius 1 is 1.23 bits per heavy atom. The number of halogens is 1. The van der Waals surface area contributed by atoms with Crippen molar-refractivity contribution in [2.24, 2.45) is 0 Å². The van der Waals surface area contributed by atoms with Crippen molar-refractivity contribution in [1.82, 2.24) is 15.0 Å². The SMILES string of the molecule is Cc1ccc(-c2noc(C3CCCN3C(=O)c3cccc(F)c3)n2)cc1. The van der Waals surface area contributed by atoms with Gasteiger partial charge in [0.15, 0.2) is 0 Å². The number of benzene rings is 2. The van der Waals surface area contributed by atoms with E-state index in [0.29, 0.717) is 23.8 Å².